The molecule has 0 saturated heterocycles. The molecular weight excluding hydrogens is 188 g/mol. The van der Waals surface area contributed by atoms with Crippen LogP contribution in [0.2, 0.25) is 0 Å². The number of nitrogens with zero attached hydrogens (tertiary/aromatic N) is 2. The van der Waals surface area contributed by atoms with Crippen LogP contribution in [0.1, 0.15) is 31.4 Å². The summed E-state index contributed by atoms with van der Waals surface area (Å²) in [5.74, 6) is 0.639. The molecule has 0 N–H and O–H groups in total. The summed E-state index contributed by atoms with van der Waals surface area (Å²) < 4.78 is 1.92. The Labute approximate surface area is 89.3 Å². The number of nitriles is 1. The van der Waals surface area contributed by atoms with E-state index in [1.54, 1.807) is 6.07 Å². The predicted molar refractivity (Wildman–Crippen MR) is 56.1 cm³/mol. The molecule has 0 amide bonds. The van der Waals surface area contributed by atoms with Crippen LogP contribution in [0.25, 0.3) is 0 Å². The molecule has 1 aliphatic rings. The number of hydrogen-bond acceptors (Lipinski definition) is 2. The van der Waals surface area contributed by atoms with Gasteiger partial charge in [0.2, 0.25) is 0 Å². The number of carbonyl (C=O) groups is 1. The summed E-state index contributed by atoms with van der Waals surface area (Å²) in [6, 6.07) is 5.81. The highest BCUT2D eigenvalue weighted by molar-refractivity contribution is 5.82. The predicted octanol–water partition coefficient (Wildman–Crippen LogP) is 2.12. The Kier molecular flexibility index (Phi) is 2.86. The number of ketones is 1. The number of aromatic nitrogens is 1. The second-order valence-electron chi connectivity index (χ2n) is 4.04. The first-order chi connectivity index (χ1) is 7.31. The quantitative estimate of drug-likeness (QED) is 0.753. The van der Waals surface area contributed by atoms with Crippen molar-refractivity contribution in [2.24, 2.45) is 5.92 Å². The van der Waals surface area contributed by atoms with Gasteiger partial charge in [-0.3, -0.25) is 4.79 Å². The first-order valence-corrected chi connectivity index (χ1v) is 5.39. The van der Waals surface area contributed by atoms with E-state index < -0.39 is 0 Å². The number of Topliss-reactive ketones (excluding diaryl/α,β-unsaturated/α-hetero) is 1. The van der Waals surface area contributed by atoms with E-state index in [1.165, 1.54) is 0 Å². The standard InChI is InChI=1S/C12H14N2O/c13-9-11-4-2-7-14(11)8-6-10-3-1-5-12(10)15/h2,4,7,10H,1,3,5-6,8H2. The van der Waals surface area contributed by atoms with E-state index in [-0.39, 0.29) is 5.92 Å². The number of carbonyl (C=O) groups excluding carboxylic acids is 1. The van der Waals surface area contributed by atoms with Crippen LogP contribution in [-0.2, 0) is 11.3 Å². The summed E-state index contributed by atoms with van der Waals surface area (Å²) in [5, 5.41) is 8.81. The average molecular weight is 202 g/mol. The number of aryl methyl sites for hydroxylation is 1. The lowest BCUT2D eigenvalue weighted by Gasteiger charge is -2.09. The van der Waals surface area contributed by atoms with Gasteiger partial charge in [-0.1, -0.05) is 0 Å². The summed E-state index contributed by atoms with van der Waals surface area (Å²) in [4.78, 5) is 11.4. The smallest absolute Gasteiger partial charge is 0.136 e. The summed E-state index contributed by atoms with van der Waals surface area (Å²) in [6.07, 6.45) is 5.60. The van der Waals surface area contributed by atoms with Crippen molar-refractivity contribution in [3.8, 4) is 6.07 Å². The van der Waals surface area contributed by atoms with Crippen LogP contribution in [0.15, 0.2) is 18.3 Å². The zero-order valence-corrected chi connectivity index (χ0v) is 8.65. The van der Waals surface area contributed by atoms with Crippen LogP contribution in [0.4, 0.5) is 0 Å². The van der Waals surface area contributed by atoms with E-state index in [0.717, 1.165) is 32.2 Å². The molecule has 0 aliphatic heterocycles. The third kappa shape index (κ3) is 2.10. The topological polar surface area (TPSA) is 45.8 Å². The zero-order valence-electron chi connectivity index (χ0n) is 8.65. The molecule has 78 valence electrons. The molecule has 15 heavy (non-hydrogen) atoms. The molecule has 0 radical (unpaired) electrons. The molecular formula is C12H14N2O. The second-order valence-corrected chi connectivity index (χ2v) is 4.04. The Balaban J connectivity index is 1.93. The largest absolute Gasteiger partial charge is 0.339 e. The Morgan fingerprint density at radius 2 is 2.47 bits per heavy atom. The molecule has 3 nitrogen and oxygen atoms in total. The molecule has 1 aromatic rings. The van der Waals surface area contributed by atoms with Crippen molar-refractivity contribution in [1.82, 2.24) is 4.57 Å². The van der Waals surface area contributed by atoms with Crippen molar-refractivity contribution in [2.75, 3.05) is 0 Å². The van der Waals surface area contributed by atoms with Gasteiger partial charge in [-0.2, -0.15) is 5.26 Å². The molecule has 1 atom stereocenters. The Bertz CT molecular complexity index is 400. The monoisotopic (exact) mass is 202 g/mol. The second kappa shape index (κ2) is 4.31. The molecule has 1 unspecified atom stereocenters. The molecule has 0 spiro atoms. The molecule has 1 aromatic heterocycles. The molecule has 1 aliphatic carbocycles. The fourth-order valence-corrected chi connectivity index (χ4v) is 2.20. The molecule has 1 fully saturated rings. The Morgan fingerprint density at radius 3 is 3.13 bits per heavy atom. The van der Waals surface area contributed by atoms with Crippen molar-refractivity contribution in [2.45, 2.75) is 32.2 Å². The van der Waals surface area contributed by atoms with Crippen LogP contribution in [0.5, 0.6) is 0 Å². The minimum absolute atomic E-state index is 0.235. The van der Waals surface area contributed by atoms with Gasteiger partial charge >= 0.3 is 0 Å². The van der Waals surface area contributed by atoms with E-state index in [0.29, 0.717) is 11.5 Å². The SMILES string of the molecule is N#Cc1cccn1CCC1CCCC1=O. The Hall–Kier alpha value is -1.56. The summed E-state index contributed by atoms with van der Waals surface area (Å²) in [7, 11) is 0. The van der Waals surface area contributed by atoms with Gasteiger partial charge < -0.3 is 4.57 Å². The van der Waals surface area contributed by atoms with Crippen molar-refractivity contribution in [1.29, 1.82) is 5.26 Å². The summed E-state index contributed by atoms with van der Waals surface area (Å²) in [6.45, 7) is 0.784. The maximum Gasteiger partial charge on any atom is 0.136 e. The minimum atomic E-state index is 0.235. The van der Waals surface area contributed by atoms with Crippen LogP contribution >= 0.6 is 0 Å². The molecule has 3 heteroatoms. The first-order valence-electron chi connectivity index (χ1n) is 5.39. The third-order valence-corrected chi connectivity index (χ3v) is 3.09. The van der Waals surface area contributed by atoms with Crippen LogP contribution in [0, 0.1) is 17.2 Å². The number of hydrogen-bond donors (Lipinski definition) is 0. The fraction of sp³-hybridized carbons (Fsp3) is 0.500. The lowest BCUT2D eigenvalue weighted by Crippen LogP contribution is -2.10. The van der Waals surface area contributed by atoms with Gasteiger partial charge in [-0.15, -0.1) is 0 Å². The Morgan fingerprint density at radius 1 is 1.60 bits per heavy atom. The van der Waals surface area contributed by atoms with Crippen molar-refractivity contribution >= 4 is 5.78 Å². The van der Waals surface area contributed by atoms with Gasteiger partial charge in [0.05, 0.1) is 0 Å². The highest BCUT2D eigenvalue weighted by atomic mass is 16.1. The van der Waals surface area contributed by atoms with Crippen molar-refractivity contribution in [3.63, 3.8) is 0 Å². The third-order valence-electron chi connectivity index (χ3n) is 3.09. The van der Waals surface area contributed by atoms with Crippen LogP contribution in [0.3, 0.4) is 0 Å². The van der Waals surface area contributed by atoms with E-state index >= 15 is 0 Å². The molecule has 1 heterocycles. The zero-order chi connectivity index (χ0) is 10.7. The van der Waals surface area contributed by atoms with E-state index in [2.05, 4.69) is 6.07 Å². The summed E-state index contributed by atoms with van der Waals surface area (Å²) in [5.41, 5.74) is 0.681. The lowest BCUT2D eigenvalue weighted by molar-refractivity contribution is -0.120. The van der Waals surface area contributed by atoms with Crippen molar-refractivity contribution in [3.05, 3.63) is 24.0 Å². The number of rotatable bonds is 3. The van der Waals surface area contributed by atoms with Gasteiger partial charge in [-0.25, -0.2) is 0 Å². The van der Waals surface area contributed by atoms with Gasteiger partial charge in [0, 0.05) is 25.1 Å². The van der Waals surface area contributed by atoms with Crippen molar-refractivity contribution < 1.29 is 4.79 Å². The highest BCUT2D eigenvalue weighted by Gasteiger charge is 2.23. The lowest BCUT2D eigenvalue weighted by atomic mass is 10.0. The van der Waals surface area contributed by atoms with Gasteiger partial charge in [0.15, 0.2) is 0 Å². The minimum Gasteiger partial charge on any atom is -0.339 e. The van der Waals surface area contributed by atoms with E-state index in [4.69, 9.17) is 5.26 Å². The molecule has 2 rings (SSSR count). The average Bonchev–Trinajstić information content (AvgIpc) is 2.83. The summed E-state index contributed by atoms with van der Waals surface area (Å²) >= 11 is 0. The molecule has 0 bridgehead atoms. The first kappa shape index (κ1) is 9.97. The highest BCUT2D eigenvalue weighted by Crippen LogP contribution is 2.24. The van der Waals surface area contributed by atoms with Gasteiger partial charge in [0.1, 0.15) is 17.5 Å². The van der Waals surface area contributed by atoms with Gasteiger partial charge in [0.25, 0.3) is 0 Å². The van der Waals surface area contributed by atoms with Crippen LogP contribution < -0.4 is 0 Å². The maximum atomic E-state index is 11.4. The van der Waals surface area contributed by atoms with Crippen LogP contribution in [-0.4, -0.2) is 10.4 Å². The van der Waals surface area contributed by atoms with E-state index in [1.807, 2.05) is 16.8 Å². The fourth-order valence-electron chi connectivity index (χ4n) is 2.20. The molecule has 0 aromatic carbocycles. The maximum absolute atomic E-state index is 11.4. The normalized spacial score (nSPS) is 20.5. The van der Waals surface area contributed by atoms with E-state index in [9.17, 15) is 4.79 Å². The van der Waals surface area contributed by atoms with Gasteiger partial charge in [-0.05, 0) is 31.4 Å². The molecule has 1 saturated carbocycles.